The summed E-state index contributed by atoms with van der Waals surface area (Å²) in [7, 11) is 0. The van der Waals surface area contributed by atoms with Gasteiger partial charge in [-0.1, -0.05) is 78.3 Å². The van der Waals surface area contributed by atoms with Crippen LogP contribution in [0.15, 0.2) is 97.2 Å². The molecule has 2 heterocycles. The third-order valence-corrected chi connectivity index (χ3v) is 5.92. The van der Waals surface area contributed by atoms with E-state index in [1.807, 2.05) is 83.5 Å². The van der Waals surface area contributed by atoms with E-state index in [-0.39, 0.29) is 28.6 Å². The summed E-state index contributed by atoms with van der Waals surface area (Å²) in [5, 5.41) is 21.4. The first kappa shape index (κ1) is 29.3. The molecule has 1 unspecified atom stereocenters. The Balaban J connectivity index is 0.000000504. The quantitative estimate of drug-likeness (QED) is 0.182. The molecule has 0 fully saturated rings. The predicted molar refractivity (Wildman–Crippen MR) is 151 cm³/mol. The summed E-state index contributed by atoms with van der Waals surface area (Å²) < 4.78 is 1.88. The molecule has 0 saturated heterocycles. The third-order valence-electron chi connectivity index (χ3n) is 5.68. The molecule has 1 atom stereocenters. The molecule has 0 aliphatic carbocycles. The Kier molecular flexibility index (Phi) is 10.8. The van der Waals surface area contributed by atoms with E-state index < -0.39 is 0 Å². The number of anilines is 1. The van der Waals surface area contributed by atoms with Crippen LogP contribution in [-0.2, 0) is 22.6 Å². The van der Waals surface area contributed by atoms with E-state index in [0.717, 1.165) is 34.5 Å². The van der Waals surface area contributed by atoms with Crippen molar-refractivity contribution in [2.75, 3.05) is 18.4 Å². The molecule has 2 N–H and O–H groups in total. The van der Waals surface area contributed by atoms with Crippen LogP contribution in [0.3, 0.4) is 0 Å². The molecule has 0 amide bonds. The fourth-order valence-electron chi connectivity index (χ4n) is 3.93. The first-order valence-electron chi connectivity index (χ1n) is 12.3. The Morgan fingerprint density at radius 1 is 0.868 bits per heavy atom. The number of nitrogens with one attached hydrogen (secondary N) is 2. The van der Waals surface area contributed by atoms with E-state index in [0.29, 0.717) is 11.6 Å². The van der Waals surface area contributed by atoms with E-state index in [1.165, 1.54) is 0 Å². The Morgan fingerprint density at radius 3 is 2.18 bits per heavy atom. The van der Waals surface area contributed by atoms with E-state index in [2.05, 4.69) is 64.0 Å². The minimum absolute atomic E-state index is 0. The van der Waals surface area contributed by atoms with Gasteiger partial charge in [-0.2, -0.15) is 0 Å². The average molecular weight is 570 g/mol. The summed E-state index contributed by atoms with van der Waals surface area (Å²) in [5.74, 6) is 0.794. The number of rotatable bonds is 7. The standard InChI is InChI=1S/C23H26ClN7.C6H6.Fe/c1-23(2,3)31-22(28-29-30-31)21(16-7-5-4-6-8-16)27-14-13-26-19-11-12-25-20-15-17(24)9-10-18(19)20;1-2-4-6-5-3-1;/h4-12,15,21,27H,13-14H2,1-3H3,(H,25,26);1-6H;/q;;+2. The number of halogens is 1. The Bertz CT molecular complexity index is 1360. The fraction of sp³-hybridized carbons (Fsp3) is 0.241. The molecule has 0 bridgehead atoms. The fourth-order valence-corrected chi connectivity index (χ4v) is 4.10. The monoisotopic (exact) mass is 569 g/mol. The van der Waals surface area contributed by atoms with Gasteiger partial charge in [-0.05, 0) is 61.0 Å². The number of fused-ring (bicyclic) bond motifs is 1. The van der Waals surface area contributed by atoms with Crippen LogP contribution in [-0.4, -0.2) is 38.3 Å². The molecule has 196 valence electrons. The molecule has 5 rings (SSSR count). The van der Waals surface area contributed by atoms with E-state index in [4.69, 9.17) is 11.6 Å². The van der Waals surface area contributed by atoms with Crippen molar-refractivity contribution in [2.45, 2.75) is 32.4 Å². The van der Waals surface area contributed by atoms with Crippen molar-refractivity contribution in [2.24, 2.45) is 0 Å². The number of hydrogen-bond acceptors (Lipinski definition) is 6. The minimum atomic E-state index is -0.219. The molecule has 0 saturated carbocycles. The van der Waals surface area contributed by atoms with Crippen molar-refractivity contribution >= 4 is 28.2 Å². The molecule has 3 aromatic carbocycles. The summed E-state index contributed by atoms with van der Waals surface area (Å²) >= 11 is 6.10. The van der Waals surface area contributed by atoms with Gasteiger partial charge in [0.15, 0.2) is 5.82 Å². The first-order valence-corrected chi connectivity index (χ1v) is 12.7. The second-order valence-electron chi connectivity index (χ2n) is 9.52. The van der Waals surface area contributed by atoms with Gasteiger partial charge in [0.05, 0.1) is 17.1 Å². The molecule has 0 spiro atoms. The normalized spacial score (nSPS) is 11.7. The zero-order valence-corrected chi connectivity index (χ0v) is 23.6. The second-order valence-corrected chi connectivity index (χ2v) is 9.96. The van der Waals surface area contributed by atoms with Crippen molar-refractivity contribution in [3.05, 3.63) is 114 Å². The van der Waals surface area contributed by atoms with Crippen LogP contribution in [0.1, 0.15) is 38.2 Å². The predicted octanol–water partition coefficient (Wildman–Crippen LogP) is 6.10. The molecule has 2 aromatic heterocycles. The van der Waals surface area contributed by atoms with Crippen LogP contribution in [0.25, 0.3) is 10.9 Å². The summed E-state index contributed by atoms with van der Waals surface area (Å²) in [6.07, 6.45) is 1.79. The minimum Gasteiger partial charge on any atom is -0.383 e. The molecule has 5 aromatic rings. The van der Waals surface area contributed by atoms with Crippen LogP contribution in [0.4, 0.5) is 5.69 Å². The maximum atomic E-state index is 6.10. The van der Waals surface area contributed by atoms with Crippen molar-refractivity contribution in [3.63, 3.8) is 0 Å². The van der Waals surface area contributed by atoms with E-state index in [1.54, 1.807) is 6.20 Å². The molecule has 0 aliphatic rings. The van der Waals surface area contributed by atoms with Gasteiger partial charge in [0, 0.05) is 35.4 Å². The van der Waals surface area contributed by atoms with Crippen LogP contribution in [0.5, 0.6) is 0 Å². The van der Waals surface area contributed by atoms with Gasteiger partial charge in [0.25, 0.3) is 0 Å². The number of pyridine rings is 1. The van der Waals surface area contributed by atoms with Gasteiger partial charge in [-0.15, -0.1) is 5.10 Å². The van der Waals surface area contributed by atoms with Crippen LogP contribution in [0, 0.1) is 0 Å². The summed E-state index contributed by atoms with van der Waals surface area (Å²) in [6.45, 7) is 7.72. The zero-order chi connectivity index (χ0) is 26.1. The molecule has 0 radical (unpaired) electrons. The van der Waals surface area contributed by atoms with Crippen molar-refractivity contribution in [1.29, 1.82) is 0 Å². The van der Waals surface area contributed by atoms with Gasteiger partial charge in [0.2, 0.25) is 0 Å². The Hall–Kier alpha value is -3.29. The van der Waals surface area contributed by atoms with Crippen LogP contribution in [0.2, 0.25) is 5.02 Å². The number of aromatic nitrogens is 5. The zero-order valence-electron chi connectivity index (χ0n) is 21.7. The SMILES string of the molecule is CC(C)(C)n1nnnc1C(NCCNc1ccnc2cc(Cl)ccc12)c1ccccc1.[Fe+2].c1ccccc1. The summed E-state index contributed by atoms with van der Waals surface area (Å²) in [5.41, 5.74) is 2.80. The van der Waals surface area contributed by atoms with E-state index in [9.17, 15) is 0 Å². The van der Waals surface area contributed by atoms with Crippen LogP contribution >= 0.6 is 11.6 Å². The summed E-state index contributed by atoms with van der Waals surface area (Å²) in [6, 6.07) is 29.9. The third kappa shape index (κ3) is 7.85. The molecule has 38 heavy (non-hydrogen) atoms. The summed E-state index contributed by atoms with van der Waals surface area (Å²) in [4.78, 5) is 4.40. The van der Waals surface area contributed by atoms with Crippen LogP contribution < -0.4 is 10.6 Å². The largest absolute Gasteiger partial charge is 2.00 e. The topological polar surface area (TPSA) is 80.5 Å². The van der Waals surface area contributed by atoms with Gasteiger partial charge in [0.1, 0.15) is 0 Å². The van der Waals surface area contributed by atoms with E-state index >= 15 is 0 Å². The van der Waals surface area contributed by atoms with Gasteiger partial charge in [-0.25, -0.2) is 4.68 Å². The molecule has 7 nitrogen and oxygen atoms in total. The molecule has 0 aliphatic heterocycles. The van der Waals surface area contributed by atoms with Crippen molar-refractivity contribution in [3.8, 4) is 0 Å². The molecule has 9 heteroatoms. The second kappa shape index (κ2) is 14.0. The average Bonchev–Trinajstić information content (AvgIpc) is 3.41. The van der Waals surface area contributed by atoms with Gasteiger partial charge < -0.3 is 10.6 Å². The number of nitrogens with zero attached hydrogens (tertiary/aromatic N) is 5. The van der Waals surface area contributed by atoms with Gasteiger partial charge >= 0.3 is 17.1 Å². The number of tetrazole rings is 1. The molecular weight excluding hydrogens is 538 g/mol. The Morgan fingerprint density at radius 2 is 1.53 bits per heavy atom. The smallest absolute Gasteiger partial charge is 0.383 e. The van der Waals surface area contributed by atoms with Gasteiger partial charge in [-0.3, -0.25) is 4.98 Å². The first-order chi connectivity index (χ1) is 17.9. The number of benzene rings is 3. The number of hydrogen-bond donors (Lipinski definition) is 2. The van der Waals surface area contributed by atoms with Crippen molar-refractivity contribution < 1.29 is 17.1 Å². The maximum absolute atomic E-state index is 6.10. The molecular formula is C29H32ClFeN7+2. The maximum Gasteiger partial charge on any atom is 2.00 e. The van der Waals surface area contributed by atoms with Crippen molar-refractivity contribution in [1.82, 2.24) is 30.5 Å². The Labute approximate surface area is 239 Å².